The van der Waals surface area contributed by atoms with Gasteiger partial charge < -0.3 is 15.6 Å². The van der Waals surface area contributed by atoms with E-state index in [2.05, 4.69) is 35.4 Å². The number of nitrogens with zero attached hydrogens (tertiary/aromatic N) is 2. The fourth-order valence-electron chi connectivity index (χ4n) is 2.07. The second-order valence-electron chi connectivity index (χ2n) is 4.97. The highest BCUT2D eigenvalue weighted by molar-refractivity contribution is 5.75. The van der Waals surface area contributed by atoms with Crippen molar-refractivity contribution in [2.75, 3.05) is 6.54 Å². The average molecular weight is 246 g/mol. The molecular weight excluding hydrogens is 224 g/mol. The molecule has 0 saturated carbocycles. The van der Waals surface area contributed by atoms with Crippen molar-refractivity contribution in [1.29, 1.82) is 0 Å². The van der Waals surface area contributed by atoms with Crippen molar-refractivity contribution in [2.24, 2.45) is 12.8 Å². The normalized spacial score (nSPS) is 13.1. The van der Waals surface area contributed by atoms with Crippen LogP contribution in [0.4, 0.5) is 0 Å². The first-order valence-electron chi connectivity index (χ1n) is 6.53. The van der Waals surface area contributed by atoms with Crippen LogP contribution in [0.1, 0.15) is 25.3 Å². The lowest BCUT2D eigenvalue weighted by molar-refractivity contribution is 0.574. The van der Waals surface area contributed by atoms with Crippen LogP contribution in [0.25, 0.3) is 11.0 Å². The first-order chi connectivity index (χ1) is 8.66. The second kappa shape index (κ2) is 5.98. The Bertz CT molecular complexity index is 501. The van der Waals surface area contributed by atoms with Gasteiger partial charge in [0.15, 0.2) is 0 Å². The number of aromatic nitrogens is 2. The SMILES string of the molecule is CC(N)CCCNCc1ccc2c(c1)ncn2C. The lowest BCUT2D eigenvalue weighted by atomic mass is 10.2. The molecule has 1 aromatic carbocycles. The molecule has 98 valence electrons. The van der Waals surface area contributed by atoms with Gasteiger partial charge in [-0.3, -0.25) is 0 Å². The van der Waals surface area contributed by atoms with Gasteiger partial charge in [0.05, 0.1) is 17.4 Å². The molecule has 0 fully saturated rings. The van der Waals surface area contributed by atoms with Gasteiger partial charge in [0.25, 0.3) is 0 Å². The van der Waals surface area contributed by atoms with E-state index in [1.165, 1.54) is 11.1 Å². The Morgan fingerprint density at radius 3 is 3.06 bits per heavy atom. The van der Waals surface area contributed by atoms with Gasteiger partial charge in [0.1, 0.15) is 0 Å². The summed E-state index contributed by atoms with van der Waals surface area (Å²) < 4.78 is 2.04. The van der Waals surface area contributed by atoms with E-state index in [-0.39, 0.29) is 0 Å². The number of rotatable bonds is 6. The predicted molar refractivity (Wildman–Crippen MR) is 75.3 cm³/mol. The number of nitrogens with one attached hydrogen (secondary N) is 1. The molecule has 0 aliphatic heterocycles. The summed E-state index contributed by atoms with van der Waals surface area (Å²) in [4.78, 5) is 4.37. The Hall–Kier alpha value is -1.39. The highest BCUT2D eigenvalue weighted by Crippen LogP contribution is 2.13. The van der Waals surface area contributed by atoms with Crippen LogP contribution in [0.5, 0.6) is 0 Å². The van der Waals surface area contributed by atoms with E-state index in [1.54, 1.807) is 0 Å². The lowest BCUT2D eigenvalue weighted by Crippen LogP contribution is -2.19. The summed E-state index contributed by atoms with van der Waals surface area (Å²) in [5, 5.41) is 3.44. The van der Waals surface area contributed by atoms with Crippen LogP contribution in [0, 0.1) is 0 Å². The third-order valence-corrected chi connectivity index (χ3v) is 3.13. The third-order valence-electron chi connectivity index (χ3n) is 3.13. The van der Waals surface area contributed by atoms with Gasteiger partial charge in [-0.25, -0.2) is 4.98 Å². The average Bonchev–Trinajstić information content (AvgIpc) is 2.70. The van der Waals surface area contributed by atoms with E-state index in [0.29, 0.717) is 6.04 Å². The van der Waals surface area contributed by atoms with Crippen molar-refractivity contribution in [1.82, 2.24) is 14.9 Å². The van der Waals surface area contributed by atoms with E-state index in [1.807, 2.05) is 17.9 Å². The summed E-state index contributed by atoms with van der Waals surface area (Å²) in [6.07, 6.45) is 4.06. The molecule has 0 radical (unpaired) electrons. The number of benzene rings is 1. The van der Waals surface area contributed by atoms with Crippen molar-refractivity contribution in [3.05, 3.63) is 30.1 Å². The van der Waals surface area contributed by atoms with Gasteiger partial charge >= 0.3 is 0 Å². The van der Waals surface area contributed by atoms with Crippen LogP contribution < -0.4 is 11.1 Å². The molecule has 1 aromatic heterocycles. The van der Waals surface area contributed by atoms with Crippen LogP contribution in [-0.2, 0) is 13.6 Å². The molecule has 18 heavy (non-hydrogen) atoms. The topological polar surface area (TPSA) is 55.9 Å². The molecule has 0 aliphatic carbocycles. The zero-order valence-corrected chi connectivity index (χ0v) is 11.2. The van der Waals surface area contributed by atoms with E-state index >= 15 is 0 Å². The molecule has 1 atom stereocenters. The molecule has 3 N–H and O–H groups in total. The van der Waals surface area contributed by atoms with Gasteiger partial charge in [0, 0.05) is 19.6 Å². The van der Waals surface area contributed by atoms with Crippen molar-refractivity contribution in [3.63, 3.8) is 0 Å². The monoisotopic (exact) mass is 246 g/mol. The molecule has 1 unspecified atom stereocenters. The minimum absolute atomic E-state index is 0.302. The van der Waals surface area contributed by atoms with Crippen molar-refractivity contribution in [3.8, 4) is 0 Å². The maximum absolute atomic E-state index is 5.71. The van der Waals surface area contributed by atoms with Gasteiger partial charge in [-0.05, 0) is 44.0 Å². The molecule has 1 heterocycles. The summed E-state index contributed by atoms with van der Waals surface area (Å²) in [6.45, 7) is 3.96. The van der Waals surface area contributed by atoms with E-state index in [9.17, 15) is 0 Å². The van der Waals surface area contributed by atoms with E-state index < -0.39 is 0 Å². The number of imidazole rings is 1. The highest BCUT2D eigenvalue weighted by atomic mass is 15.0. The largest absolute Gasteiger partial charge is 0.334 e. The van der Waals surface area contributed by atoms with Crippen LogP contribution in [0.2, 0.25) is 0 Å². The summed E-state index contributed by atoms with van der Waals surface area (Å²) in [5.74, 6) is 0. The summed E-state index contributed by atoms with van der Waals surface area (Å²) in [7, 11) is 2.02. The minimum atomic E-state index is 0.302. The Kier molecular flexibility index (Phi) is 4.33. The van der Waals surface area contributed by atoms with E-state index in [4.69, 9.17) is 5.73 Å². The molecule has 4 heteroatoms. The maximum Gasteiger partial charge on any atom is 0.0955 e. The smallest absolute Gasteiger partial charge is 0.0955 e. The van der Waals surface area contributed by atoms with Crippen LogP contribution in [-0.4, -0.2) is 22.1 Å². The molecule has 0 saturated heterocycles. The zero-order chi connectivity index (χ0) is 13.0. The second-order valence-corrected chi connectivity index (χ2v) is 4.97. The predicted octanol–water partition coefficient (Wildman–Crippen LogP) is 1.79. The molecule has 0 amide bonds. The summed E-state index contributed by atoms with van der Waals surface area (Å²) in [6, 6.07) is 6.73. The number of hydrogen-bond donors (Lipinski definition) is 2. The Morgan fingerprint density at radius 2 is 2.28 bits per heavy atom. The zero-order valence-electron chi connectivity index (χ0n) is 11.2. The standard InChI is InChI=1S/C14H22N4/c1-11(15)4-3-7-16-9-12-5-6-14-13(8-12)17-10-18(14)2/h5-6,8,10-11,16H,3-4,7,9,15H2,1-2H3. The Balaban J connectivity index is 1.84. The number of aryl methyl sites for hydroxylation is 1. The number of hydrogen-bond acceptors (Lipinski definition) is 3. The van der Waals surface area contributed by atoms with Crippen molar-refractivity contribution >= 4 is 11.0 Å². The summed E-state index contributed by atoms with van der Waals surface area (Å²) >= 11 is 0. The van der Waals surface area contributed by atoms with Gasteiger partial charge in [-0.2, -0.15) is 0 Å². The van der Waals surface area contributed by atoms with Crippen LogP contribution in [0.15, 0.2) is 24.5 Å². The van der Waals surface area contributed by atoms with Gasteiger partial charge in [0.2, 0.25) is 0 Å². The number of fused-ring (bicyclic) bond motifs is 1. The highest BCUT2D eigenvalue weighted by Gasteiger charge is 2.01. The maximum atomic E-state index is 5.71. The van der Waals surface area contributed by atoms with Gasteiger partial charge in [-0.1, -0.05) is 6.07 Å². The molecule has 0 bridgehead atoms. The molecule has 0 spiro atoms. The van der Waals surface area contributed by atoms with Gasteiger partial charge in [-0.15, -0.1) is 0 Å². The quantitative estimate of drug-likeness (QED) is 0.764. The van der Waals surface area contributed by atoms with E-state index in [0.717, 1.165) is 31.4 Å². The molecule has 0 aliphatic rings. The van der Waals surface area contributed by atoms with Crippen LogP contribution >= 0.6 is 0 Å². The van der Waals surface area contributed by atoms with Crippen molar-refractivity contribution in [2.45, 2.75) is 32.4 Å². The minimum Gasteiger partial charge on any atom is -0.334 e. The fraction of sp³-hybridized carbons (Fsp3) is 0.500. The molecular formula is C14H22N4. The molecule has 2 aromatic rings. The summed E-state index contributed by atoms with van der Waals surface area (Å²) in [5.41, 5.74) is 9.23. The number of nitrogens with two attached hydrogens (primary N) is 1. The Morgan fingerprint density at radius 1 is 1.44 bits per heavy atom. The first kappa shape index (κ1) is 13.1. The third kappa shape index (κ3) is 3.31. The molecule has 2 rings (SSSR count). The Labute approximate surface area is 108 Å². The molecule has 4 nitrogen and oxygen atoms in total. The lowest BCUT2D eigenvalue weighted by Gasteiger charge is -2.07. The van der Waals surface area contributed by atoms with Crippen LogP contribution in [0.3, 0.4) is 0 Å². The van der Waals surface area contributed by atoms with Crippen molar-refractivity contribution < 1.29 is 0 Å². The fourth-order valence-corrected chi connectivity index (χ4v) is 2.07. The first-order valence-corrected chi connectivity index (χ1v) is 6.53.